The third-order valence-corrected chi connectivity index (χ3v) is 6.81. The van der Waals surface area contributed by atoms with E-state index in [0.717, 1.165) is 10.1 Å². The monoisotopic (exact) mass is 492 g/mol. The number of esters is 2. The molecule has 0 aromatic rings. The molecular formula is C22H40N2O10. The van der Waals surface area contributed by atoms with Gasteiger partial charge in [-0.2, -0.15) is 10.1 Å². The Morgan fingerprint density at radius 1 is 0.618 bits per heavy atom. The Hall–Kier alpha value is -1.38. The minimum absolute atomic E-state index is 0.104. The molecule has 12 nitrogen and oxygen atoms in total. The van der Waals surface area contributed by atoms with E-state index in [9.17, 15) is 40.4 Å². The molecule has 2 heterocycles. The first-order chi connectivity index (χ1) is 15.0. The molecule has 198 valence electrons. The highest BCUT2D eigenvalue weighted by molar-refractivity contribution is 5.89. The molecule has 6 N–H and O–H groups in total. The van der Waals surface area contributed by atoms with E-state index in [2.05, 4.69) is 0 Å². The second-order valence-corrected chi connectivity index (χ2v) is 12.1. The molecule has 0 spiro atoms. The molecule has 34 heavy (non-hydrogen) atoms. The molecule has 2 rings (SSSR count). The van der Waals surface area contributed by atoms with Gasteiger partial charge in [0.25, 0.3) is 0 Å². The van der Waals surface area contributed by atoms with Crippen molar-refractivity contribution in [2.24, 2.45) is 0 Å². The van der Waals surface area contributed by atoms with Gasteiger partial charge in [0.15, 0.2) is 0 Å². The summed E-state index contributed by atoms with van der Waals surface area (Å²) in [6.45, 7) is 13.6. The van der Waals surface area contributed by atoms with Gasteiger partial charge in [-0.3, -0.25) is 0 Å². The Balaban J connectivity index is 2.15. The maximum absolute atomic E-state index is 12.6. The average molecular weight is 493 g/mol. The quantitative estimate of drug-likeness (QED) is 0.228. The second kappa shape index (κ2) is 8.63. The van der Waals surface area contributed by atoms with Crippen molar-refractivity contribution in [1.82, 2.24) is 10.1 Å². The normalized spacial score (nSPS) is 26.2. The molecule has 0 radical (unpaired) electrons. The van der Waals surface area contributed by atoms with Crippen LogP contribution in [-0.2, 0) is 19.1 Å². The number of carbonyl (C=O) groups excluding carboxylic acids is 2. The summed E-state index contributed by atoms with van der Waals surface area (Å²) in [6, 6.07) is 0. The topological polar surface area (TPSA) is 180 Å². The Morgan fingerprint density at radius 2 is 0.824 bits per heavy atom. The smallest absolute Gasteiger partial charge is 0.373 e. The molecule has 0 aromatic heterocycles. The van der Waals surface area contributed by atoms with Crippen molar-refractivity contribution in [2.45, 2.75) is 127 Å². The molecule has 12 heteroatoms. The van der Waals surface area contributed by atoms with Crippen LogP contribution in [0, 0.1) is 0 Å². The zero-order valence-electron chi connectivity index (χ0n) is 21.2. The highest BCUT2D eigenvalue weighted by Crippen LogP contribution is 2.40. The summed E-state index contributed by atoms with van der Waals surface area (Å²) in [4.78, 5) is 25.1. The SMILES string of the molecule is CC1(C)CC(OC(=O)C(O)(O)C(O)(O)C(=O)OC2CC(C)(C)N(O)C(C)(C)C2)CC(C)(C)N1O. The molecule has 2 saturated heterocycles. The molecule has 0 saturated carbocycles. The molecule has 0 aromatic carbocycles. The van der Waals surface area contributed by atoms with Crippen LogP contribution < -0.4 is 0 Å². The van der Waals surface area contributed by atoms with E-state index >= 15 is 0 Å². The van der Waals surface area contributed by atoms with Crippen LogP contribution in [0.4, 0.5) is 0 Å². The molecule has 0 aliphatic carbocycles. The summed E-state index contributed by atoms with van der Waals surface area (Å²) in [5.74, 6) is -11.7. The van der Waals surface area contributed by atoms with E-state index in [1.807, 2.05) is 0 Å². The summed E-state index contributed by atoms with van der Waals surface area (Å²) in [5, 5.41) is 64.1. The lowest BCUT2D eigenvalue weighted by atomic mass is 9.80. The molecular weight excluding hydrogens is 452 g/mol. The van der Waals surface area contributed by atoms with Gasteiger partial charge in [-0.15, -0.1) is 0 Å². The Bertz CT molecular complexity index is 704. The van der Waals surface area contributed by atoms with Crippen molar-refractivity contribution in [3.05, 3.63) is 0 Å². The summed E-state index contributed by atoms with van der Waals surface area (Å²) < 4.78 is 10.3. The maximum Gasteiger partial charge on any atom is 0.373 e. The van der Waals surface area contributed by atoms with Gasteiger partial charge in [0, 0.05) is 47.8 Å². The van der Waals surface area contributed by atoms with Crippen LogP contribution in [0.15, 0.2) is 0 Å². The van der Waals surface area contributed by atoms with Gasteiger partial charge in [0.05, 0.1) is 0 Å². The highest BCUT2D eigenvalue weighted by atomic mass is 16.7. The zero-order valence-corrected chi connectivity index (χ0v) is 21.2. The van der Waals surface area contributed by atoms with E-state index in [1.165, 1.54) is 0 Å². The van der Waals surface area contributed by atoms with E-state index in [0.29, 0.717) is 0 Å². The number of carbonyl (C=O) groups is 2. The number of rotatable bonds is 5. The zero-order chi connectivity index (χ0) is 26.7. The minimum Gasteiger partial charge on any atom is -0.458 e. The maximum atomic E-state index is 12.6. The van der Waals surface area contributed by atoms with Crippen LogP contribution in [0.2, 0.25) is 0 Å². The number of hydrogen-bond acceptors (Lipinski definition) is 12. The number of ether oxygens (including phenoxy) is 2. The summed E-state index contributed by atoms with van der Waals surface area (Å²) in [7, 11) is 0. The lowest BCUT2D eigenvalue weighted by Gasteiger charge is -2.51. The van der Waals surface area contributed by atoms with Crippen LogP contribution in [0.5, 0.6) is 0 Å². The molecule has 0 amide bonds. The van der Waals surface area contributed by atoms with Crippen LogP contribution in [-0.4, -0.2) is 98.8 Å². The fourth-order valence-corrected chi connectivity index (χ4v) is 5.28. The predicted molar refractivity (Wildman–Crippen MR) is 116 cm³/mol. The van der Waals surface area contributed by atoms with Gasteiger partial charge in [0.2, 0.25) is 0 Å². The van der Waals surface area contributed by atoms with Gasteiger partial charge < -0.3 is 40.3 Å². The molecule has 0 atom stereocenters. The lowest BCUT2D eigenvalue weighted by molar-refractivity contribution is -0.342. The number of aliphatic hydroxyl groups is 4. The van der Waals surface area contributed by atoms with Gasteiger partial charge >= 0.3 is 23.5 Å². The van der Waals surface area contributed by atoms with Gasteiger partial charge in [0.1, 0.15) is 12.2 Å². The van der Waals surface area contributed by atoms with Crippen molar-refractivity contribution in [3.63, 3.8) is 0 Å². The third-order valence-electron chi connectivity index (χ3n) is 6.81. The largest absolute Gasteiger partial charge is 0.458 e. The van der Waals surface area contributed by atoms with Gasteiger partial charge in [-0.05, 0) is 55.4 Å². The van der Waals surface area contributed by atoms with Crippen molar-refractivity contribution in [2.75, 3.05) is 0 Å². The second-order valence-electron chi connectivity index (χ2n) is 12.1. The molecule has 2 fully saturated rings. The van der Waals surface area contributed by atoms with Gasteiger partial charge in [-0.25, -0.2) is 9.59 Å². The highest BCUT2D eigenvalue weighted by Gasteiger charge is 2.63. The van der Waals surface area contributed by atoms with Gasteiger partial charge in [-0.1, -0.05) is 0 Å². The molecule has 2 aliphatic rings. The van der Waals surface area contributed by atoms with Crippen LogP contribution in [0.1, 0.15) is 81.1 Å². The van der Waals surface area contributed by atoms with Crippen LogP contribution in [0.3, 0.4) is 0 Å². The minimum atomic E-state index is -4.03. The van der Waals surface area contributed by atoms with Crippen molar-refractivity contribution < 1.29 is 49.9 Å². The Kier molecular flexibility index (Phi) is 7.32. The number of hydrogen-bond donors (Lipinski definition) is 6. The van der Waals surface area contributed by atoms with E-state index in [4.69, 9.17) is 9.47 Å². The van der Waals surface area contributed by atoms with Crippen molar-refractivity contribution in [3.8, 4) is 0 Å². The molecule has 0 bridgehead atoms. The lowest BCUT2D eigenvalue weighted by Crippen LogP contribution is -2.67. The third kappa shape index (κ3) is 5.24. The Labute approximate surface area is 199 Å². The van der Waals surface area contributed by atoms with Crippen molar-refractivity contribution >= 4 is 11.9 Å². The van der Waals surface area contributed by atoms with E-state index < -0.39 is 57.9 Å². The standard InChI is InChI=1S/C22H40N2O10/c1-17(2)9-13(10-18(3,4)23(17)31)33-15(25)21(27,28)22(29,30)16(26)34-14-11-19(5,6)24(32)20(7,8)12-14/h13-14,27-32H,9-12H2,1-8H3. The number of piperidine rings is 2. The summed E-state index contributed by atoms with van der Waals surface area (Å²) >= 11 is 0. The fourth-order valence-electron chi connectivity index (χ4n) is 5.28. The molecule has 2 aliphatic heterocycles. The first kappa shape index (κ1) is 28.9. The van der Waals surface area contributed by atoms with E-state index in [-0.39, 0.29) is 25.7 Å². The fraction of sp³-hybridized carbons (Fsp3) is 0.909. The average Bonchev–Trinajstić information content (AvgIpc) is 2.62. The number of hydroxylamine groups is 4. The Morgan fingerprint density at radius 3 is 1.03 bits per heavy atom. The first-order valence-corrected chi connectivity index (χ1v) is 11.3. The van der Waals surface area contributed by atoms with Crippen LogP contribution in [0.25, 0.3) is 0 Å². The summed E-state index contributed by atoms with van der Waals surface area (Å²) in [5.41, 5.74) is -3.35. The summed E-state index contributed by atoms with van der Waals surface area (Å²) in [6.07, 6.45) is -1.41. The molecule has 0 unspecified atom stereocenters. The van der Waals surface area contributed by atoms with E-state index in [1.54, 1.807) is 55.4 Å². The first-order valence-electron chi connectivity index (χ1n) is 11.3. The number of nitrogens with zero attached hydrogens (tertiary/aromatic N) is 2. The van der Waals surface area contributed by atoms with Crippen LogP contribution >= 0.6 is 0 Å². The predicted octanol–water partition coefficient (Wildman–Crippen LogP) is 0.256. The van der Waals surface area contributed by atoms with Crippen molar-refractivity contribution in [1.29, 1.82) is 0 Å².